The third-order valence-corrected chi connectivity index (χ3v) is 4.84. The maximum Gasteiger partial charge on any atom is 0.291 e. The average molecular weight is 377 g/mol. The maximum absolute atomic E-state index is 12.5. The number of carbonyl (C=O) groups is 1. The molecule has 2 aromatic carbocycles. The first-order valence-electron chi connectivity index (χ1n) is 9.43. The Kier molecular flexibility index (Phi) is 5.59. The molecule has 0 radical (unpaired) electrons. The second-order valence-corrected chi connectivity index (χ2v) is 8.03. The molecule has 4 heteroatoms. The molecule has 0 fully saturated rings. The predicted molar refractivity (Wildman–Crippen MR) is 112 cm³/mol. The van der Waals surface area contributed by atoms with E-state index in [1.54, 1.807) is 12.1 Å². The lowest BCUT2D eigenvalue weighted by molar-refractivity contribution is 0.0992. The lowest BCUT2D eigenvalue weighted by Gasteiger charge is -2.19. The largest absolute Gasteiger partial charge is 0.486 e. The highest BCUT2D eigenvalue weighted by Gasteiger charge is 2.15. The van der Waals surface area contributed by atoms with Crippen molar-refractivity contribution < 1.29 is 13.9 Å². The molecule has 28 heavy (non-hydrogen) atoms. The van der Waals surface area contributed by atoms with Crippen molar-refractivity contribution in [1.82, 2.24) is 0 Å². The van der Waals surface area contributed by atoms with Crippen LogP contribution in [-0.4, -0.2) is 5.91 Å². The van der Waals surface area contributed by atoms with E-state index in [0.717, 1.165) is 22.6 Å². The summed E-state index contributed by atoms with van der Waals surface area (Å²) in [5.74, 6) is 1.37. The molecule has 0 bridgehead atoms. The molecule has 0 aliphatic heterocycles. The highest BCUT2D eigenvalue weighted by Crippen LogP contribution is 2.25. The summed E-state index contributed by atoms with van der Waals surface area (Å²) >= 11 is 0. The van der Waals surface area contributed by atoms with Gasteiger partial charge in [-0.1, -0.05) is 45.0 Å². The Balaban J connectivity index is 1.61. The summed E-state index contributed by atoms with van der Waals surface area (Å²) in [4.78, 5) is 12.5. The summed E-state index contributed by atoms with van der Waals surface area (Å²) in [6.45, 7) is 10.8. The van der Waals surface area contributed by atoms with Crippen LogP contribution in [0.3, 0.4) is 0 Å². The molecule has 0 unspecified atom stereocenters. The normalized spacial score (nSPS) is 11.3. The number of amides is 1. The molecule has 3 rings (SSSR count). The van der Waals surface area contributed by atoms with Crippen LogP contribution < -0.4 is 10.1 Å². The van der Waals surface area contributed by atoms with Gasteiger partial charge in [0.2, 0.25) is 0 Å². The third-order valence-electron chi connectivity index (χ3n) is 4.84. The zero-order valence-corrected chi connectivity index (χ0v) is 17.1. The summed E-state index contributed by atoms with van der Waals surface area (Å²) in [6.07, 6.45) is 0. The van der Waals surface area contributed by atoms with Crippen LogP contribution in [0, 0.1) is 13.8 Å². The second kappa shape index (κ2) is 7.93. The number of hydrogen-bond donors (Lipinski definition) is 1. The van der Waals surface area contributed by atoms with Gasteiger partial charge in [0.1, 0.15) is 18.1 Å². The predicted octanol–water partition coefficient (Wildman–Crippen LogP) is 6.03. The van der Waals surface area contributed by atoms with E-state index in [2.05, 4.69) is 38.2 Å². The summed E-state index contributed by atoms with van der Waals surface area (Å²) in [5.41, 5.74) is 4.33. The molecule has 1 aromatic heterocycles. The van der Waals surface area contributed by atoms with Crippen molar-refractivity contribution in [2.75, 3.05) is 5.32 Å². The molecule has 0 spiro atoms. The van der Waals surface area contributed by atoms with E-state index >= 15 is 0 Å². The molecule has 0 saturated carbocycles. The Bertz CT molecular complexity index is 962. The number of carbonyl (C=O) groups excluding carboxylic acids is 1. The highest BCUT2D eigenvalue weighted by atomic mass is 16.5. The van der Waals surface area contributed by atoms with E-state index in [4.69, 9.17) is 9.15 Å². The Labute approximate surface area is 166 Å². The van der Waals surface area contributed by atoms with Crippen LogP contribution in [0.25, 0.3) is 0 Å². The number of hydrogen-bond acceptors (Lipinski definition) is 3. The minimum absolute atomic E-state index is 0.109. The van der Waals surface area contributed by atoms with Gasteiger partial charge in [0, 0.05) is 5.69 Å². The quantitative estimate of drug-likeness (QED) is 0.591. The monoisotopic (exact) mass is 377 g/mol. The number of nitrogens with one attached hydrogen (secondary N) is 1. The van der Waals surface area contributed by atoms with Gasteiger partial charge in [-0.25, -0.2) is 0 Å². The van der Waals surface area contributed by atoms with Gasteiger partial charge in [-0.2, -0.15) is 0 Å². The van der Waals surface area contributed by atoms with Crippen molar-refractivity contribution in [3.8, 4) is 5.75 Å². The van der Waals surface area contributed by atoms with E-state index in [-0.39, 0.29) is 23.7 Å². The topological polar surface area (TPSA) is 51.5 Å². The van der Waals surface area contributed by atoms with E-state index in [0.29, 0.717) is 5.76 Å². The molecule has 1 N–H and O–H groups in total. The Morgan fingerprint density at radius 3 is 2.39 bits per heavy atom. The number of aryl methyl sites for hydroxylation is 1. The van der Waals surface area contributed by atoms with E-state index < -0.39 is 0 Å². The van der Waals surface area contributed by atoms with Gasteiger partial charge < -0.3 is 14.5 Å². The number of furan rings is 1. The van der Waals surface area contributed by atoms with Crippen molar-refractivity contribution in [1.29, 1.82) is 0 Å². The first-order chi connectivity index (χ1) is 13.2. The fraction of sp³-hybridized carbons (Fsp3) is 0.292. The van der Waals surface area contributed by atoms with Crippen LogP contribution in [0.2, 0.25) is 0 Å². The molecular formula is C24H27NO3. The lowest BCUT2D eigenvalue weighted by Crippen LogP contribution is -2.12. The Morgan fingerprint density at radius 1 is 1.00 bits per heavy atom. The minimum atomic E-state index is -0.269. The van der Waals surface area contributed by atoms with Crippen molar-refractivity contribution in [3.05, 3.63) is 82.8 Å². The molecule has 146 valence electrons. The highest BCUT2D eigenvalue weighted by molar-refractivity contribution is 6.02. The Hall–Kier alpha value is -3.01. The molecule has 0 saturated heterocycles. The van der Waals surface area contributed by atoms with Gasteiger partial charge in [0.15, 0.2) is 5.76 Å². The number of rotatable bonds is 5. The van der Waals surface area contributed by atoms with Crippen molar-refractivity contribution >= 4 is 11.6 Å². The average Bonchev–Trinajstić information content (AvgIpc) is 3.12. The number of ether oxygens (including phenoxy) is 1. The summed E-state index contributed by atoms with van der Waals surface area (Å²) in [7, 11) is 0. The molecule has 1 amide bonds. The third kappa shape index (κ3) is 4.63. The van der Waals surface area contributed by atoms with Crippen LogP contribution >= 0.6 is 0 Å². The molecule has 4 nitrogen and oxygen atoms in total. The van der Waals surface area contributed by atoms with Crippen molar-refractivity contribution in [2.45, 2.75) is 46.6 Å². The number of anilines is 1. The summed E-state index contributed by atoms with van der Waals surface area (Å²) < 4.78 is 11.4. The van der Waals surface area contributed by atoms with E-state index in [9.17, 15) is 4.79 Å². The summed E-state index contributed by atoms with van der Waals surface area (Å²) in [5, 5.41) is 2.90. The van der Waals surface area contributed by atoms with Crippen LogP contribution in [0.4, 0.5) is 5.69 Å². The van der Waals surface area contributed by atoms with Gasteiger partial charge in [-0.05, 0) is 66.3 Å². The van der Waals surface area contributed by atoms with Crippen LogP contribution in [-0.2, 0) is 12.0 Å². The molecule has 0 aliphatic carbocycles. The molecule has 1 heterocycles. The van der Waals surface area contributed by atoms with Crippen molar-refractivity contribution in [2.24, 2.45) is 0 Å². The second-order valence-electron chi connectivity index (χ2n) is 8.03. The fourth-order valence-electron chi connectivity index (χ4n) is 2.85. The molecule has 0 atom stereocenters. The van der Waals surface area contributed by atoms with E-state index in [1.165, 1.54) is 5.56 Å². The minimum Gasteiger partial charge on any atom is -0.486 e. The van der Waals surface area contributed by atoms with Crippen molar-refractivity contribution in [3.63, 3.8) is 0 Å². The first-order valence-corrected chi connectivity index (χ1v) is 9.43. The zero-order chi connectivity index (χ0) is 20.3. The van der Waals surface area contributed by atoms with Crippen LogP contribution in [0.15, 0.2) is 59.0 Å². The standard InChI is InChI=1S/C24H27NO3/c1-16-7-6-8-21(17(16)2)25-23(26)22-14-13-20(28-22)15-27-19-11-9-18(10-12-19)24(3,4)5/h6-14H,15H2,1-5H3,(H,25,26). The first kappa shape index (κ1) is 19.7. The van der Waals surface area contributed by atoms with Gasteiger partial charge >= 0.3 is 0 Å². The van der Waals surface area contributed by atoms with Gasteiger partial charge in [-0.3, -0.25) is 4.79 Å². The van der Waals surface area contributed by atoms with Crippen LogP contribution in [0.5, 0.6) is 5.75 Å². The lowest BCUT2D eigenvalue weighted by atomic mass is 9.87. The van der Waals surface area contributed by atoms with Gasteiger partial charge in [0.05, 0.1) is 0 Å². The van der Waals surface area contributed by atoms with Gasteiger partial charge in [0.25, 0.3) is 5.91 Å². The number of benzene rings is 2. The maximum atomic E-state index is 12.5. The fourth-order valence-corrected chi connectivity index (χ4v) is 2.85. The molecular weight excluding hydrogens is 350 g/mol. The van der Waals surface area contributed by atoms with Gasteiger partial charge in [-0.15, -0.1) is 0 Å². The SMILES string of the molecule is Cc1cccc(NC(=O)c2ccc(COc3ccc(C(C)(C)C)cc3)o2)c1C. The zero-order valence-electron chi connectivity index (χ0n) is 17.1. The smallest absolute Gasteiger partial charge is 0.291 e. The van der Waals surface area contributed by atoms with Crippen LogP contribution in [0.1, 0.15) is 53.8 Å². The summed E-state index contributed by atoms with van der Waals surface area (Å²) in [6, 6.07) is 17.3. The molecule has 0 aliphatic rings. The molecule has 3 aromatic rings. The van der Waals surface area contributed by atoms with E-state index in [1.807, 2.05) is 44.2 Å². The Morgan fingerprint density at radius 2 is 1.71 bits per heavy atom.